The Morgan fingerprint density at radius 2 is 1.60 bits per heavy atom. The number of rotatable bonds is 6. The van der Waals surface area contributed by atoms with E-state index < -0.39 is 68.7 Å². The monoisotopic (exact) mass is 600 g/mol. The Morgan fingerprint density at radius 1 is 1.00 bits per heavy atom. The molecule has 0 bridgehead atoms. The fourth-order valence-corrected chi connectivity index (χ4v) is 9.72. The number of aliphatic hydroxyl groups is 2. The Balaban J connectivity index is 1.74. The SMILES string of the molecule is CC(=O)O[C@H]1C(=O)C[C@@H]2C(=CC[C@@H]3[C@@]2(C)C(=O)C[C@]2(C)[C@@H]([C@@](C)(O)C(=O)/C=C/C(C)(C)OC(C)=O)[C@H](O)C[C@@]32C)C1(C)C. The molecule has 0 amide bonds. The van der Waals surface area contributed by atoms with E-state index in [1.165, 1.54) is 32.9 Å². The number of ketones is 3. The summed E-state index contributed by atoms with van der Waals surface area (Å²) < 4.78 is 10.7. The molecule has 0 saturated heterocycles. The van der Waals surface area contributed by atoms with E-state index in [0.717, 1.165) is 5.57 Å². The van der Waals surface area contributed by atoms with Gasteiger partial charge in [0.05, 0.1) is 6.10 Å². The number of hydrogen-bond acceptors (Lipinski definition) is 9. The maximum absolute atomic E-state index is 14.4. The van der Waals surface area contributed by atoms with Crippen LogP contribution in [0.5, 0.6) is 0 Å². The van der Waals surface area contributed by atoms with Crippen molar-refractivity contribution in [3.8, 4) is 0 Å². The minimum Gasteiger partial charge on any atom is -0.456 e. The maximum Gasteiger partial charge on any atom is 0.303 e. The molecule has 0 unspecified atom stereocenters. The zero-order valence-electron chi connectivity index (χ0n) is 27.2. The smallest absolute Gasteiger partial charge is 0.303 e. The lowest BCUT2D eigenvalue weighted by Crippen LogP contribution is -2.65. The molecule has 0 aliphatic heterocycles. The summed E-state index contributed by atoms with van der Waals surface area (Å²) in [7, 11) is 0. The molecule has 4 rings (SSSR count). The second-order valence-corrected chi connectivity index (χ2v) is 15.4. The van der Waals surface area contributed by atoms with Crippen molar-refractivity contribution in [2.45, 2.75) is 118 Å². The molecule has 3 fully saturated rings. The maximum atomic E-state index is 14.4. The van der Waals surface area contributed by atoms with E-state index in [9.17, 15) is 34.2 Å². The largest absolute Gasteiger partial charge is 0.456 e. The third-order valence-corrected chi connectivity index (χ3v) is 11.8. The summed E-state index contributed by atoms with van der Waals surface area (Å²) in [6, 6.07) is 0. The van der Waals surface area contributed by atoms with E-state index >= 15 is 0 Å². The highest BCUT2D eigenvalue weighted by atomic mass is 16.6. The first-order chi connectivity index (χ1) is 19.5. The van der Waals surface area contributed by atoms with Crippen molar-refractivity contribution in [3.05, 3.63) is 23.8 Å². The Kier molecular flexibility index (Phi) is 7.88. The first-order valence-corrected chi connectivity index (χ1v) is 15.2. The molecule has 0 aromatic carbocycles. The quantitative estimate of drug-likeness (QED) is 0.262. The summed E-state index contributed by atoms with van der Waals surface area (Å²) in [4.78, 5) is 64.7. The van der Waals surface area contributed by atoms with Crippen molar-refractivity contribution in [1.82, 2.24) is 0 Å². The molecule has 0 spiro atoms. The van der Waals surface area contributed by atoms with Crippen molar-refractivity contribution in [3.63, 3.8) is 0 Å². The molecule has 0 radical (unpaired) electrons. The van der Waals surface area contributed by atoms with Gasteiger partial charge in [-0.3, -0.25) is 24.0 Å². The van der Waals surface area contributed by atoms with Gasteiger partial charge in [-0.1, -0.05) is 46.3 Å². The van der Waals surface area contributed by atoms with Crippen LogP contribution in [0.1, 0.15) is 94.9 Å². The van der Waals surface area contributed by atoms with Crippen molar-refractivity contribution in [1.29, 1.82) is 0 Å². The predicted octanol–water partition coefficient (Wildman–Crippen LogP) is 4.07. The minimum absolute atomic E-state index is 0.0239. The number of Topliss-reactive ketones (excluding diaryl/α,β-unsaturated/α-hetero) is 2. The molecule has 2 N–H and O–H groups in total. The van der Waals surface area contributed by atoms with Gasteiger partial charge in [-0.15, -0.1) is 0 Å². The Bertz CT molecular complexity index is 1320. The number of hydrogen-bond donors (Lipinski definition) is 2. The van der Waals surface area contributed by atoms with Crippen LogP contribution in [-0.2, 0) is 33.4 Å². The second-order valence-electron chi connectivity index (χ2n) is 15.4. The molecule has 3 saturated carbocycles. The van der Waals surface area contributed by atoms with E-state index in [2.05, 4.69) is 6.08 Å². The summed E-state index contributed by atoms with van der Waals surface area (Å²) in [5, 5.41) is 23.4. The van der Waals surface area contributed by atoms with Gasteiger partial charge < -0.3 is 19.7 Å². The van der Waals surface area contributed by atoms with Crippen LogP contribution in [0.15, 0.2) is 23.8 Å². The zero-order chi connectivity index (χ0) is 32.7. The van der Waals surface area contributed by atoms with Crippen LogP contribution in [0, 0.1) is 39.4 Å². The highest BCUT2D eigenvalue weighted by Crippen LogP contribution is 2.74. The summed E-state index contributed by atoms with van der Waals surface area (Å²) in [6.45, 7) is 16.8. The lowest BCUT2D eigenvalue weighted by Gasteiger charge is -2.64. The van der Waals surface area contributed by atoms with Crippen LogP contribution < -0.4 is 0 Å². The van der Waals surface area contributed by atoms with Crippen LogP contribution in [0.2, 0.25) is 0 Å². The normalized spacial score (nSPS) is 40.1. The average molecular weight is 601 g/mol. The minimum atomic E-state index is -2.02. The third-order valence-electron chi connectivity index (χ3n) is 11.8. The number of carbonyl (C=O) groups is 5. The van der Waals surface area contributed by atoms with Gasteiger partial charge in [0, 0.05) is 49.4 Å². The number of allylic oxidation sites excluding steroid dienone is 1. The molecule has 0 aromatic heterocycles. The van der Waals surface area contributed by atoms with Crippen molar-refractivity contribution >= 4 is 29.3 Å². The van der Waals surface area contributed by atoms with Gasteiger partial charge in [-0.2, -0.15) is 0 Å². The van der Waals surface area contributed by atoms with E-state index in [0.29, 0.717) is 6.42 Å². The van der Waals surface area contributed by atoms with Gasteiger partial charge in [-0.25, -0.2) is 0 Å². The molecule has 0 aromatic rings. The van der Waals surface area contributed by atoms with Crippen LogP contribution in [-0.4, -0.2) is 62.9 Å². The molecular weight excluding hydrogens is 552 g/mol. The Morgan fingerprint density at radius 3 is 2.16 bits per heavy atom. The highest BCUT2D eigenvalue weighted by Gasteiger charge is 2.74. The van der Waals surface area contributed by atoms with Gasteiger partial charge in [-0.05, 0) is 62.5 Å². The lowest BCUT2D eigenvalue weighted by atomic mass is 9.38. The van der Waals surface area contributed by atoms with Crippen LogP contribution in [0.25, 0.3) is 0 Å². The van der Waals surface area contributed by atoms with E-state index in [1.807, 2.05) is 34.6 Å². The molecule has 4 aliphatic rings. The van der Waals surface area contributed by atoms with Crippen LogP contribution >= 0.6 is 0 Å². The van der Waals surface area contributed by atoms with Gasteiger partial charge >= 0.3 is 11.9 Å². The fourth-order valence-electron chi connectivity index (χ4n) is 9.72. The van der Waals surface area contributed by atoms with Gasteiger partial charge in [0.15, 0.2) is 17.7 Å². The number of carbonyl (C=O) groups excluding carboxylic acids is 5. The predicted molar refractivity (Wildman–Crippen MR) is 157 cm³/mol. The molecule has 9 nitrogen and oxygen atoms in total. The van der Waals surface area contributed by atoms with Gasteiger partial charge in [0.2, 0.25) is 0 Å². The van der Waals surface area contributed by atoms with Gasteiger partial charge in [0.25, 0.3) is 0 Å². The van der Waals surface area contributed by atoms with E-state index in [-0.39, 0.29) is 42.7 Å². The van der Waals surface area contributed by atoms with E-state index in [1.54, 1.807) is 13.8 Å². The average Bonchev–Trinajstić information content (AvgIpc) is 3.05. The highest BCUT2D eigenvalue weighted by molar-refractivity contribution is 5.98. The van der Waals surface area contributed by atoms with E-state index in [4.69, 9.17) is 9.47 Å². The molecule has 4 aliphatic carbocycles. The number of aliphatic hydroxyl groups excluding tert-OH is 1. The number of fused-ring (bicyclic) bond motifs is 5. The molecule has 43 heavy (non-hydrogen) atoms. The first-order valence-electron chi connectivity index (χ1n) is 15.2. The zero-order valence-corrected chi connectivity index (χ0v) is 27.2. The van der Waals surface area contributed by atoms with Gasteiger partial charge in [0.1, 0.15) is 17.0 Å². The summed E-state index contributed by atoms with van der Waals surface area (Å²) in [6.07, 6.45) is 3.58. The van der Waals surface area contributed by atoms with Crippen molar-refractivity contribution < 1.29 is 43.7 Å². The molecular formula is C34H48O9. The van der Waals surface area contributed by atoms with Crippen molar-refractivity contribution in [2.75, 3.05) is 0 Å². The Labute approximate surface area is 254 Å². The molecule has 9 heteroatoms. The standard InChI is InChI=1S/C34H48O9/c1-18(35)42-28-22(37)15-21-20(30(28,5)6)11-12-24-31(7)16-23(38)27(32(31,8)17-26(40)33(21,24)9)34(10,41)25(39)13-14-29(3,4)43-19(2)36/h11,13-14,21,23-24,27-28,38,41H,12,15-17H2,1-10H3/b14-13+/t21-,23-,24+,27+,28+,31+,32-,33+,34+/m1/s1. The van der Waals surface area contributed by atoms with Crippen LogP contribution in [0.3, 0.4) is 0 Å². The molecule has 238 valence electrons. The number of ether oxygens (including phenoxy) is 2. The van der Waals surface area contributed by atoms with Crippen molar-refractivity contribution in [2.24, 2.45) is 39.4 Å². The third kappa shape index (κ3) is 4.85. The summed E-state index contributed by atoms with van der Waals surface area (Å²) in [5.41, 5.74) is -5.47. The molecule has 9 atom stereocenters. The summed E-state index contributed by atoms with van der Waals surface area (Å²) >= 11 is 0. The fraction of sp³-hybridized carbons (Fsp3) is 0.735. The second kappa shape index (κ2) is 10.2. The summed E-state index contributed by atoms with van der Waals surface area (Å²) in [5.74, 6) is -3.56. The number of esters is 2. The van der Waals surface area contributed by atoms with Crippen LogP contribution in [0.4, 0.5) is 0 Å². The first kappa shape index (κ1) is 33.2. The lowest BCUT2D eigenvalue weighted by molar-refractivity contribution is -0.185. The molecule has 0 heterocycles. The topological polar surface area (TPSA) is 144 Å². The Hall–Kier alpha value is -2.65.